The molecule has 0 atom stereocenters. The Labute approximate surface area is 97.1 Å². The van der Waals surface area contributed by atoms with Crippen molar-refractivity contribution in [2.75, 3.05) is 6.54 Å². The Balaban J connectivity index is 2.40. The van der Waals surface area contributed by atoms with Crippen LogP contribution in [0.3, 0.4) is 0 Å². The summed E-state index contributed by atoms with van der Waals surface area (Å²) in [6, 6.07) is 8.16. The van der Waals surface area contributed by atoms with E-state index in [-0.39, 0.29) is 0 Å². The fourth-order valence-electron chi connectivity index (χ4n) is 1.53. The summed E-state index contributed by atoms with van der Waals surface area (Å²) in [6.07, 6.45) is 3.67. The molecule has 0 saturated heterocycles. The molecule has 0 aliphatic heterocycles. The van der Waals surface area contributed by atoms with Gasteiger partial charge in [0, 0.05) is 23.1 Å². The number of halogens is 1. The molecule has 0 amide bonds. The summed E-state index contributed by atoms with van der Waals surface area (Å²) in [5.74, 6) is 0. The number of hydrogen-bond donors (Lipinski definition) is 1. The van der Waals surface area contributed by atoms with Gasteiger partial charge in [-0.05, 0) is 12.1 Å². The summed E-state index contributed by atoms with van der Waals surface area (Å²) < 4.78 is 3.13. The fourth-order valence-corrected chi connectivity index (χ4v) is 1.93. The molecular formula is C11H12BrN3. The van der Waals surface area contributed by atoms with Gasteiger partial charge in [-0.3, -0.25) is 0 Å². The summed E-state index contributed by atoms with van der Waals surface area (Å²) in [7, 11) is 0. The van der Waals surface area contributed by atoms with Crippen LogP contribution in [0.15, 0.2) is 41.3 Å². The van der Waals surface area contributed by atoms with E-state index in [0.29, 0.717) is 6.54 Å². The largest absolute Gasteiger partial charge is 0.329 e. The molecule has 0 fully saturated rings. The molecule has 0 radical (unpaired) electrons. The van der Waals surface area contributed by atoms with Gasteiger partial charge in [-0.2, -0.15) is 0 Å². The van der Waals surface area contributed by atoms with E-state index in [1.807, 2.05) is 24.7 Å². The molecule has 4 heteroatoms. The summed E-state index contributed by atoms with van der Waals surface area (Å²) >= 11 is 3.46. The van der Waals surface area contributed by atoms with Crippen molar-refractivity contribution in [1.29, 1.82) is 0 Å². The van der Waals surface area contributed by atoms with Crippen molar-refractivity contribution in [2.24, 2.45) is 5.73 Å². The Kier molecular flexibility index (Phi) is 3.18. The molecule has 1 heterocycles. The standard InChI is InChI=1S/C11H12BrN3/c12-10-3-1-2-9(6-10)11-7-14-8-15(11)5-4-13/h1-3,6-8H,4-5,13H2. The highest BCUT2D eigenvalue weighted by molar-refractivity contribution is 9.10. The Bertz CT molecular complexity index is 451. The number of imidazole rings is 1. The molecule has 0 saturated carbocycles. The van der Waals surface area contributed by atoms with Gasteiger partial charge in [-0.1, -0.05) is 28.1 Å². The van der Waals surface area contributed by atoms with Crippen LogP contribution < -0.4 is 5.73 Å². The van der Waals surface area contributed by atoms with Crippen LogP contribution in [0.2, 0.25) is 0 Å². The van der Waals surface area contributed by atoms with Gasteiger partial charge < -0.3 is 10.3 Å². The summed E-state index contributed by atoms with van der Waals surface area (Å²) in [4.78, 5) is 4.14. The number of rotatable bonds is 3. The summed E-state index contributed by atoms with van der Waals surface area (Å²) in [5, 5.41) is 0. The molecule has 0 aliphatic carbocycles. The van der Waals surface area contributed by atoms with Crippen molar-refractivity contribution < 1.29 is 0 Å². The van der Waals surface area contributed by atoms with Crippen molar-refractivity contribution in [3.05, 3.63) is 41.3 Å². The topological polar surface area (TPSA) is 43.8 Å². The normalized spacial score (nSPS) is 10.5. The van der Waals surface area contributed by atoms with Gasteiger partial charge in [0.1, 0.15) is 0 Å². The summed E-state index contributed by atoms with van der Waals surface area (Å²) in [6.45, 7) is 1.42. The lowest BCUT2D eigenvalue weighted by molar-refractivity contribution is 0.714. The van der Waals surface area contributed by atoms with Gasteiger partial charge in [-0.15, -0.1) is 0 Å². The monoisotopic (exact) mass is 265 g/mol. The smallest absolute Gasteiger partial charge is 0.0951 e. The average molecular weight is 266 g/mol. The van der Waals surface area contributed by atoms with E-state index in [9.17, 15) is 0 Å². The maximum atomic E-state index is 5.54. The van der Waals surface area contributed by atoms with Crippen LogP contribution >= 0.6 is 15.9 Å². The van der Waals surface area contributed by atoms with Crippen LogP contribution in [0.25, 0.3) is 11.3 Å². The lowest BCUT2D eigenvalue weighted by Crippen LogP contribution is -2.09. The molecule has 78 valence electrons. The van der Waals surface area contributed by atoms with Crippen molar-refractivity contribution in [1.82, 2.24) is 9.55 Å². The van der Waals surface area contributed by atoms with E-state index in [0.717, 1.165) is 22.3 Å². The Morgan fingerprint density at radius 2 is 2.27 bits per heavy atom. The minimum absolute atomic E-state index is 0.622. The van der Waals surface area contributed by atoms with E-state index in [4.69, 9.17) is 5.73 Å². The zero-order valence-corrected chi connectivity index (χ0v) is 9.81. The third-order valence-corrected chi connectivity index (χ3v) is 2.70. The first kappa shape index (κ1) is 10.4. The lowest BCUT2D eigenvalue weighted by atomic mass is 10.2. The van der Waals surface area contributed by atoms with Crippen LogP contribution in [0.5, 0.6) is 0 Å². The molecule has 15 heavy (non-hydrogen) atoms. The van der Waals surface area contributed by atoms with Crippen LogP contribution in [-0.4, -0.2) is 16.1 Å². The first-order chi connectivity index (χ1) is 7.31. The molecule has 1 aromatic carbocycles. The van der Waals surface area contributed by atoms with E-state index in [2.05, 4.69) is 37.6 Å². The van der Waals surface area contributed by atoms with Gasteiger partial charge in [0.05, 0.1) is 18.2 Å². The highest BCUT2D eigenvalue weighted by atomic mass is 79.9. The van der Waals surface area contributed by atoms with E-state index in [1.54, 1.807) is 0 Å². The van der Waals surface area contributed by atoms with Gasteiger partial charge in [0.2, 0.25) is 0 Å². The third kappa shape index (κ3) is 2.27. The molecule has 2 aromatic rings. The van der Waals surface area contributed by atoms with Crippen LogP contribution in [0.1, 0.15) is 0 Å². The molecule has 3 nitrogen and oxygen atoms in total. The molecular weight excluding hydrogens is 254 g/mol. The predicted molar refractivity (Wildman–Crippen MR) is 64.4 cm³/mol. The van der Waals surface area contributed by atoms with E-state index < -0.39 is 0 Å². The maximum absolute atomic E-state index is 5.54. The van der Waals surface area contributed by atoms with Gasteiger partial charge in [0.25, 0.3) is 0 Å². The van der Waals surface area contributed by atoms with Crippen molar-refractivity contribution in [3.8, 4) is 11.3 Å². The van der Waals surface area contributed by atoms with Crippen molar-refractivity contribution >= 4 is 15.9 Å². The van der Waals surface area contributed by atoms with E-state index in [1.165, 1.54) is 0 Å². The van der Waals surface area contributed by atoms with Crippen molar-refractivity contribution in [2.45, 2.75) is 6.54 Å². The maximum Gasteiger partial charge on any atom is 0.0951 e. The average Bonchev–Trinajstić information content (AvgIpc) is 2.66. The highest BCUT2D eigenvalue weighted by Gasteiger charge is 2.04. The minimum Gasteiger partial charge on any atom is -0.329 e. The van der Waals surface area contributed by atoms with Gasteiger partial charge >= 0.3 is 0 Å². The number of nitrogens with two attached hydrogens (primary N) is 1. The SMILES string of the molecule is NCCn1cncc1-c1cccc(Br)c1. The Morgan fingerprint density at radius 3 is 3.00 bits per heavy atom. The predicted octanol–water partition coefficient (Wildman–Crippen LogP) is 2.27. The Morgan fingerprint density at radius 1 is 1.40 bits per heavy atom. The second-order valence-corrected chi connectivity index (χ2v) is 4.19. The highest BCUT2D eigenvalue weighted by Crippen LogP contribution is 2.22. The fraction of sp³-hybridized carbons (Fsp3) is 0.182. The quantitative estimate of drug-likeness (QED) is 0.926. The third-order valence-electron chi connectivity index (χ3n) is 2.20. The summed E-state index contributed by atoms with van der Waals surface area (Å²) in [5.41, 5.74) is 7.79. The Hall–Kier alpha value is -1.13. The molecule has 0 spiro atoms. The number of nitrogens with zero attached hydrogens (tertiary/aromatic N) is 2. The second-order valence-electron chi connectivity index (χ2n) is 3.27. The van der Waals surface area contributed by atoms with Crippen LogP contribution in [0.4, 0.5) is 0 Å². The second kappa shape index (κ2) is 4.59. The molecule has 0 bridgehead atoms. The number of benzene rings is 1. The first-order valence-electron chi connectivity index (χ1n) is 4.77. The molecule has 2 N–H and O–H groups in total. The van der Waals surface area contributed by atoms with Gasteiger partial charge in [0.15, 0.2) is 0 Å². The van der Waals surface area contributed by atoms with Crippen LogP contribution in [-0.2, 0) is 6.54 Å². The number of aromatic nitrogens is 2. The molecule has 0 aliphatic rings. The molecule has 1 aromatic heterocycles. The zero-order chi connectivity index (χ0) is 10.7. The van der Waals surface area contributed by atoms with Crippen molar-refractivity contribution in [3.63, 3.8) is 0 Å². The van der Waals surface area contributed by atoms with Gasteiger partial charge in [-0.25, -0.2) is 4.98 Å². The van der Waals surface area contributed by atoms with E-state index >= 15 is 0 Å². The lowest BCUT2D eigenvalue weighted by Gasteiger charge is -2.06. The first-order valence-corrected chi connectivity index (χ1v) is 5.56. The number of hydrogen-bond acceptors (Lipinski definition) is 2. The zero-order valence-electron chi connectivity index (χ0n) is 8.23. The molecule has 2 rings (SSSR count). The van der Waals surface area contributed by atoms with Crippen LogP contribution in [0, 0.1) is 0 Å². The molecule has 0 unspecified atom stereocenters. The minimum atomic E-state index is 0.622.